The van der Waals surface area contributed by atoms with Crippen LogP contribution in [0.3, 0.4) is 0 Å². The van der Waals surface area contributed by atoms with Gasteiger partial charge in [0.15, 0.2) is 0 Å². The molecule has 0 amide bonds. The molecule has 152 valence electrons. The molecule has 0 atom stereocenters. The highest BCUT2D eigenvalue weighted by Gasteiger charge is 2.10. The van der Waals surface area contributed by atoms with Crippen molar-refractivity contribution in [3.63, 3.8) is 0 Å². The molecule has 0 aliphatic heterocycles. The number of benzene rings is 2. The Labute approximate surface area is 174 Å². The van der Waals surface area contributed by atoms with Crippen molar-refractivity contribution in [1.82, 2.24) is 9.13 Å². The second-order valence-electron chi connectivity index (χ2n) is 6.25. The van der Waals surface area contributed by atoms with Gasteiger partial charge in [-0.2, -0.15) is 0 Å². The molecule has 0 spiro atoms. The summed E-state index contributed by atoms with van der Waals surface area (Å²) in [7, 11) is 3.20. The van der Waals surface area contributed by atoms with Crippen LogP contribution >= 0.6 is 0 Å². The van der Waals surface area contributed by atoms with Gasteiger partial charge in [0.1, 0.15) is 11.5 Å². The summed E-state index contributed by atoms with van der Waals surface area (Å²) < 4.78 is 13.5. The van der Waals surface area contributed by atoms with Crippen LogP contribution in [0.25, 0.3) is 21.8 Å². The monoisotopic (exact) mass is 402 g/mol. The SMILES string of the molecule is C=CC(=O)n1ccc2c(OC)cccc21.C=CC(=O)n1ccc2cccc(OC)c21. The van der Waals surface area contributed by atoms with Crippen LogP contribution in [0.1, 0.15) is 9.59 Å². The quantitative estimate of drug-likeness (QED) is 0.453. The molecular weight excluding hydrogens is 380 g/mol. The maximum absolute atomic E-state index is 11.5. The van der Waals surface area contributed by atoms with Gasteiger partial charge in [-0.05, 0) is 42.5 Å². The zero-order valence-corrected chi connectivity index (χ0v) is 16.9. The van der Waals surface area contributed by atoms with E-state index in [9.17, 15) is 9.59 Å². The Kier molecular flexibility index (Phi) is 6.17. The molecule has 0 aliphatic carbocycles. The van der Waals surface area contributed by atoms with E-state index in [1.807, 2.05) is 48.5 Å². The molecule has 6 nitrogen and oxygen atoms in total. The predicted octanol–water partition coefficient (Wildman–Crippen LogP) is 4.95. The highest BCUT2D eigenvalue weighted by Crippen LogP contribution is 2.27. The lowest BCUT2D eigenvalue weighted by atomic mass is 10.2. The van der Waals surface area contributed by atoms with E-state index < -0.39 is 0 Å². The van der Waals surface area contributed by atoms with Gasteiger partial charge in [-0.1, -0.05) is 31.4 Å². The van der Waals surface area contributed by atoms with E-state index in [1.54, 1.807) is 31.2 Å². The first-order valence-corrected chi connectivity index (χ1v) is 9.17. The van der Waals surface area contributed by atoms with Gasteiger partial charge in [0.2, 0.25) is 0 Å². The summed E-state index contributed by atoms with van der Waals surface area (Å²) in [6, 6.07) is 15.0. The van der Waals surface area contributed by atoms with Crippen LogP contribution in [0.2, 0.25) is 0 Å². The Morgan fingerprint density at radius 3 is 2.07 bits per heavy atom. The van der Waals surface area contributed by atoms with E-state index >= 15 is 0 Å². The van der Waals surface area contributed by atoms with Gasteiger partial charge in [-0.15, -0.1) is 0 Å². The normalized spacial score (nSPS) is 10.2. The molecule has 4 aromatic rings. The number of fused-ring (bicyclic) bond motifs is 2. The number of rotatable bonds is 4. The second kappa shape index (κ2) is 8.96. The molecule has 2 heterocycles. The van der Waals surface area contributed by atoms with Crippen molar-refractivity contribution in [2.75, 3.05) is 14.2 Å². The Balaban J connectivity index is 0.000000171. The number of aromatic nitrogens is 2. The van der Waals surface area contributed by atoms with Crippen LogP contribution in [-0.2, 0) is 0 Å². The summed E-state index contributed by atoms with van der Waals surface area (Å²) in [6.07, 6.45) is 6.01. The van der Waals surface area contributed by atoms with E-state index in [1.165, 1.54) is 16.7 Å². The minimum Gasteiger partial charge on any atom is -0.496 e. The van der Waals surface area contributed by atoms with Crippen molar-refractivity contribution in [1.29, 1.82) is 0 Å². The van der Waals surface area contributed by atoms with Gasteiger partial charge in [0.05, 0.1) is 25.3 Å². The number of hydrogen-bond donors (Lipinski definition) is 0. The van der Waals surface area contributed by atoms with Gasteiger partial charge in [0, 0.05) is 23.2 Å². The van der Waals surface area contributed by atoms with Crippen molar-refractivity contribution in [2.24, 2.45) is 0 Å². The van der Waals surface area contributed by atoms with Gasteiger partial charge in [0.25, 0.3) is 11.8 Å². The second-order valence-corrected chi connectivity index (χ2v) is 6.25. The van der Waals surface area contributed by atoms with Crippen LogP contribution in [0.15, 0.2) is 86.2 Å². The summed E-state index contributed by atoms with van der Waals surface area (Å²) in [5.74, 6) is 1.16. The molecule has 0 aliphatic rings. The minimum atomic E-state index is -0.158. The highest BCUT2D eigenvalue weighted by molar-refractivity contribution is 6.00. The first-order valence-electron chi connectivity index (χ1n) is 9.17. The number of carbonyl (C=O) groups is 2. The van der Waals surface area contributed by atoms with E-state index in [0.717, 1.165) is 27.6 Å². The summed E-state index contributed by atoms with van der Waals surface area (Å²) in [4.78, 5) is 23.0. The maximum Gasteiger partial charge on any atom is 0.254 e. The van der Waals surface area contributed by atoms with Crippen LogP contribution in [-0.4, -0.2) is 35.2 Å². The lowest BCUT2D eigenvalue weighted by Gasteiger charge is -2.05. The molecule has 0 saturated carbocycles. The number of carbonyl (C=O) groups excluding carboxylic acids is 2. The fourth-order valence-corrected chi connectivity index (χ4v) is 3.22. The van der Waals surface area contributed by atoms with Crippen molar-refractivity contribution >= 4 is 33.6 Å². The van der Waals surface area contributed by atoms with Crippen molar-refractivity contribution < 1.29 is 19.1 Å². The van der Waals surface area contributed by atoms with Gasteiger partial charge < -0.3 is 9.47 Å². The van der Waals surface area contributed by atoms with Gasteiger partial charge in [-0.25, -0.2) is 0 Å². The van der Waals surface area contributed by atoms with E-state index in [0.29, 0.717) is 5.75 Å². The lowest BCUT2D eigenvalue weighted by Crippen LogP contribution is -2.05. The van der Waals surface area contributed by atoms with E-state index in [2.05, 4.69) is 13.2 Å². The molecule has 0 unspecified atom stereocenters. The molecule has 2 aromatic heterocycles. The third-order valence-corrected chi connectivity index (χ3v) is 4.63. The number of para-hydroxylation sites is 1. The Morgan fingerprint density at radius 1 is 0.800 bits per heavy atom. The first-order chi connectivity index (χ1) is 14.5. The van der Waals surface area contributed by atoms with E-state index in [4.69, 9.17) is 9.47 Å². The number of allylic oxidation sites excluding steroid dienone is 2. The fourth-order valence-electron chi connectivity index (χ4n) is 3.22. The average molecular weight is 402 g/mol. The molecule has 30 heavy (non-hydrogen) atoms. The summed E-state index contributed by atoms with van der Waals surface area (Å²) >= 11 is 0. The predicted molar refractivity (Wildman–Crippen MR) is 119 cm³/mol. The molecular formula is C24H22N2O4. The minimum absolute atomic E-state index is 0.141. The Morgan fingerprint density at radius 2 is 1.40 bits per heavy atom. The smallest absolute Gasteiger partial charge is 0.254 e. The zero-order valence-electron chi connectivity index (χ0n) is 16.9. The molecule has 0 bridgehead atoms. The third kappa shape index (κ3) is 3.75. The number of methoxy groups -OCH3 is 2. The van der Waals surface area contributed by atoms with Crippen LogP contribution < -0.4 is 9.47 Å². The molecule has 4 rings (SSSR count). The van der Waals surface area contributed by atoms with E-state index in [-0.39, 0.29) is 11.8 Å². The fraction of sp³-hybridized carbons (Fsp3) is 0.0833. The molecule has 6 heteroatoms. The largest absolute Gasteiger partial charge is 0.496 e. The number of ether oxygens (including phenoxy) is 2. The molecule has 0 fully saturated rings. The zero-order chi connectivity index (χ0) is 21.7. The number of hydrogen-bond acceptors (Lipinski definition) is 4. The first kappa shape index (κ1) is 20.7. The van der Waals surface area contributed by atoms with Gasteiger partial charge in [-0.3, -0.25) is 18.7 Å². The maximum atomic E-state index is 11.5. The summed E-state index contributed by atoms with van der Waals surface area (Å²) in [5, 5.41) is 1.90. The van der Waals surface area contributed by atoms with Crippen LogP contribution in [0.4, 0.5) is 0 Å². The summed E-state index contributed by atoms with van der Waals surface area (Å²) in [5.41, 5.74) is 1.61. The Bertz CT molecular complexity index is 1250. The standard InChI is InChI=1S/2C12H11NO2/c1-3-12(14)13-8-7-9-10(13)5-4-6-11(9)15-2;1-3-11(14)13-8-7-9-5-4-6-10(15-2)12(9)13/h2*3-8H,1H2,2H3. The third-order valence-electron chi connectivity index (χ3n) is 4.63. The molecule has 2 aromatic carbocycles. The molecule has 0 N–H and O–H groups in total. The topological polar surface area (TPSA) is 62.5 Å². The number of nitrogens with zero attached hydrogens (tertiary/aromatic N) is 2. The Hall–Kier alpha value is -4.06. The van der Waals surface area contributed by atoms with Crippen molar-refractivity contribution in [2.45, 2.75) is 0 Å². The van der Waals surface area contributed by atoms with Gasteiger partial charge >= 0.3 is 0 Å². The molecule has 0 radical (unpaired) electrons. The lowest BCUT2D eigenvalue weighted by molar-refractivity contribution is 0.0966. The van der Waals surface area contributed by atoms with Crippen molar-refractivity contribution in [3.8, 4) is 11.5 Å². The highest BCUT2D eigenvalue weighted by atomic mass is 16.5. The average Bonchev–Trinajstić information content (AvgIpc) is 3.42. The van der Waals surface area contributed by atoms with Crippen LogP contribution in [0, 0.1) is 0 Å². The van der Waals surface area contributed by atoms with Crippen LogP contribution in [0.5, 0.6) is 11.5 Å². The summed E-state index contributed by atoms with van der Waals surface area (Å²) in [6.45, 7) is 6.93. The molecule has 0 saturated heterocycles. The van der Waals surface area contributed by atoms with Crippen molar-refractivity contribution in [3.05, 3.63) is 86.2 Å².